The van der Waals surface area contributed by atoms with Crippen molar-refractivity contribution in [3.05, 3.63) is 48.0 Å². The first-order chi connectivity index (χ1) is 10.1. The summed E-state index contributed by atoms with van der Waals surface area (Å²) in [5, 5.41) is 0. The Morgan fingerprint density at radius 2 is 1.95 bits per heavy atom. The van der Waals surface area contributed by atoms with Crippen LogP contribution in [0.2, 0.25) is 0 Å². The van der Waals surface area contributed by atoms with Gasteiger partial charge in [-0.15, -0.1) is 0 Å². The van der Waals surface area contributed by atoms with Crippen LogP contribution in [0, 0.1) is 0 Å². The third-order valence-electron chi connectivity index (χ3n) is 3.31. The van der Waals surface area contributed by atoms with Crippen LogP contribution in [0.3, 0.4) is 0 Å². The summed E-state index contributed by atoms with van der Waals surface area (Å²) in [6, 6.07) is 12.0. The van der Waals surface area contributed by atoms with E-state index in [2.05, 4.69) is 4.98 Å². The third-order valence-corrected chi connectivity index (χ3v) is 3.31. The Hall–Kier alpha value is -2.66. The van der Waals surface area contributed by atoms with Crippen molar-refractivity contribution in [1.82, 2.24) is 4.98 Å². The summed E-state index contributed by atoms with van der Waals surface area (Å²) in [4.78, 5) is 16.5. The molecule has 5 heteroatoms. The van der Waals surface area contributed by atoms with Gasteiger partial charge in [-0.05, 0) is 31.2 Å². The zero-order valence-corrected chi connectivity index (χ0v) is 11.5. The fourth-order valence-corrected chi connectivity index (χ4v) is 2.20. The molecule has 2 aromatic carbocycles. The topological polar surface area (TPSA) is 95.1 Å². The van der Waals surface area contributed by atoms with E-state index in [9.17, 15) is 4.79 Å². The van der Waals surface area contributed by atoms with Crippen molar-refractivity contribution in [2.24, 2.45) is 5.73 Å². The molecule has 3 rings (SSSR count). The van der Waals surface area contributed by atoms with Gasteiger partial charge in [-0.25, -0.2) is 4.98 Å². The van der Waals surface area contributed by atoms with Gasteiger partial charge in [0, 0.05) is 5.56 Å². The number of nitrogens with zero attached hydrogens (tertiary/aromatic N) is 1. The number of nitrogen functional groups attached to an aromatic ring is 1. The number of para-hydroxylation sites is 3. The monoisotopic (exact) mass is 281 g/mol. The molecule has 0 fully saturated rings. The molecule has 4 N–H and O–H groups in total. The quantitative estimate of drug-likeness (QED) is 0.568. The highest BCUT2D eigenvalue weighted by molar-refractivity contribution is 6.06. The number of benzene rings is 2. The van der Waals surface area contributed by atoms with Crippen LogP contribution in [0.5, 0.6) is 0 Å². The Morgan fingerprint density at radius 3 is 2.67 bits per heavy atom. The number of hydrogen-bond acceptors (Lipinski definition) is 5. The number of nitrogens with two attached hydrogens (primary N) is 2. The molecule has 0 amide bonds. The minimum absolute atomic E-state index is 0.203. The lowest BCUT2D eigenvalue weighted by Crippen LogP contribution is -2.27. The molecule has 0 aliphatic carbocycles. The maximum atomic E-state index is 12.1. The first-order valence-corrected chi connectivity index (χ1v) is 6.62. The van der Waals surface area contributed by atoms with Crippen molar-refractivity contribution < 1.29 is 9.21 Å². The van der Waals surface area contributed by atoms with Crippen molar-refractivity contribution in [2.45, 2.75) is 13.0 Å². The highest BCUT2D eigenvalue weighted by Crippen LogP contribution is 2.30. The SMILES string of the molecule is C[C@H](N)C(=O)c1cccc(-c2nc3ccccc3o2)c1N. The van der Waals surface area contributed by atoms with Crippen LogP contribution < -0.4 is 11.5 Å². The Balaban J connectivity index is 2.14. The lowest BCUT2D eigenvalue weighted by Gasteiger charge is -2.09. The largest absolute Gasteiger partial charge is 0.436 e. The molecule has 21 heavy (non-hydrogen) atoms. The van der Waals surface area contributed by atoms with Gasteiger partial charge in [0.05, 0.1) is 17.3 Å². The van der Waals surface area contributed by atoms with E-state index in [1.54, 1.807) is 25.1 Å². The number of anilines is 1. The molecule has 0 spiro atoms. The van der Waals surface area contributed by atoms with Crippen LogP contribution in [0.4, 0.5) is 5.69 Å². The third kappa shape index (κ3) is 2.28. The first-order valence-electron chi connectivity index (χ1n) is 6.62. The minimum atomic E-state index is -0.605. The van der Waals surface area contributed by atoms with Crippen molar-refractivity contribution in [1.29, 1.82) is 0 Å². The Labute approximate surface area is 121 Å². The second-order valence-corrected chi connectivity index (χ2v) is 4.91. The number of rotatable bonds is 3. The highest BCUT2D eigenvalue weighted by atomic mass is 16.3. The van der Waals surface area contributed by atoms with Gasteiger partial charge in [-0.2, -0.15) is 0 Å². The molecular formula is C16H15N3O2. The summed E-state index contributed by atoms with van der Waals surface area (Å²) in [6.45, 7) is 1.63. The number of aromatic nitrogens is 1. The van der Waals surface area contributed by atoms with Gasteiger partial charge in [0.1, 0.15) is 5.52 Å². The van der Waals surface area contributed by atoms with Crippen molar-refractivity contribution in [2.75, 3.05) is 5.73 Å². The van der Waals surface area contributed by atoms with Gasteiger partial charge in [0.15, 0.2) is 11.4 Å². The van der Waals surface area contributed by atoms with Gasteiger partial charge >= 0.3 is 0 Å². The summed E-state index contributed by atoms with van der Waals surface area (Å²) in [5.41, 5.74) is 14.5. The fraction of sp³-hybridized carbons (Fsp3) is 0.125. The van der Waals surface area contributed by atoms with Crippen LogP contribution in [0.15, 0.2) is 46.9 Å². The van der Waals surface area contributed by atoms with Crippen LogP contribution in [0.25, 0.3) is 22.6 Å². The molecule has 0 aliphatic heterocycles. The number of oxazole rings is 1. The number of ketones is 1. The molecular weight excluding hydrogens is 266 g/mol. The summed E-state index contributed by atoms with van der Waals surface area (Å²) in [6.07, 6.45) is 0. The molecule has 106 valence electrons. The van der Waals surface area contributed by atoms with E-state index in [4.69, 9.17) is 15.9 Å². The van der Waals surface area contributed by atoms with Gasteiger partial charge < -0.3 is 15.9 Å². The zero-order chi connectivity index (χ0) is 15.0. The van der Waals surface area contributed by atoms with Crippen LogP contribution in [0.1, 0.15) is 17.3 Å². The van der Waals surface area contributed by atoms with Crippen molar-refractivity contribution in [3.63, 3.8) is 0 Å². The molecule has 1 aromatic heterocycles. The molecule has 0 saturated carbocycles. The Bertz CT molecular complexity index is 788. The molecule has 3 aromatic rings. The normalized spacial score (nSPS) is 12.5. The smallest absolute Gasteiger partial charge is 0.229 e. The Morgan fingerprint density at radius 1 is 1.19 bits per heavy atom. The predicted molar refractivity (Wildman–Crippen MR) is 81.8 cm³/mol. The number of carbonyl (C=O) groups excluding carboxylic acids is 1. The summed E-state index contributed by atoms with van der Waals surface area (Å²) < 4.78 is 5.70. The van der Waals surface area contributed by atoms with Crippen molar-refractivity contribution >= 4 is 22.6 Å². The van der Waals surface area contributed by atoms with E-state index >= 15 is 0 Å². The fourth-order valence-electron chi connectivity index (χ4n) is 2.20. The van der Waals surface area contributed by atoms with Crippen LogP contribution >= 0.6 is 0 Å². The molecule has 1 atom stereocenters. The zero-order valence-electron chi connectivity index (χ0n) is 11.5. The average Bonchev–Trinajstić information content (AvgIpc) is 2.90. The molecule has 0 saturated heterocycles. The lowest BCUT2D eigenvalue weighted by molar-refractivity contribution is 0.0969. The molecule has 0 aliphatic rings. The number of hydrogen-bond donors (Lipinski definition) is 2. The van der Waals surface area contributed by atoms with Gasteiger partial charge in [0.25, 0.3) is 0 Å². The molecule has 1 heterocycles. The Kier molecular flexibility index (Phi) is 3.19. The molecule has 0 bridgehead atoms. The summed E-state index contributed by atoms with van der Waals surface area (Å²) >= 11 is 0. The predicted octanol–water partition coefficient (Wildman–Crippen LogP) is 2.61. The number of fused-ring (bicyclic) bond motifs is 1. The van der Waals surface area contributed by atoms with E-state index < -0.39 is 6.04 Å². The van der Waals surface area contributed by atoms with Crippen LogP contribution in [-0.2, 0) is 0 Å². The van der Waals surface area contributed by atoms with E-state index in [-0.39, 0.29) is 5.78 Å². The summed E-state index contributed by atoms with van der Waals surface area (Å²) in [5.74, 6) is 0.193. The van der Waals surface area contributed by atoms with Crippen LogP contribution in [-0.4, -0.2) is 16.8 Å². The molecule has 0 unspecified atom stereocenters. The van der Waals surface area contributed by atoms with Gasteiger partial charge in [-0.3, -0.25) is 4.79 Å². The lowest BCUT2D eigenvalue weighted by atomic mass is 10.0. The van der Waals surface area contributed by atoms with E-state index in [1.807, 2.05) is 24.3 Å². The highest BCUT2D eigenvalue weighted by Gasteiger charge is 2.19. The number of Topliss-reactive ketones (excluding diaryl/α,β-unsaturated/α-hetero) is 1. The first kappa shape index (κ1) is 13.3. The second-order valence-electron chi connectivity index (χ2n) is 4.91. The van der Waals surface area contributed by atoms with E-state index in [0.29, 0.717) is 28.3 Å². The van der Waals surface area contributed by atoms with Gasteiger partial charge in [-0.1, -0.05) is 18.2 Å². The summed E-state index contributed by atoms with van der Waals surface area (Å²) in [7, 11) is 0. The van der Waals surface area contributed by atoms with Gasteiger partial charge in [0.2, 0.25) is 5.89 Å². The second kappa shape index (κ2) is 5.03. The molecule has 0 radical (unpaired) electrons. The van der Waals surface area contributed by atoms with E-state index in [1.165, 1.54) is 0 Å². The average molecular weight is 281 g/mol. The maximum Gasteiger partial charge on any atom is 0.229 e. The van der Waals surface area contributed by atoms with Crippen molar-refractivity contribution in [3.8, 4) is 11.5 Å². The maximum absolute atomic E-state index is 12.1. The molecule has 5 nitrogen and oxygen atoms in total. The standard InChI is InChI=1S/C16H15N3O2/c1-9(17)15(20)10-5-4-6-11(14(10)18)16-19-12-7-2-3-8-13(12)21-16/h2-9H,17-18H2,1H3/t9-/m0/s1. The number of carbonyl (C=O) groups is 1. The minimum Gasteiger partial charge on any atom is -0.436 e. The van der Waals surface area contributed by atoms with E-state index in [0.717, 1.165) is 5.52 Å².